The molecule has 6 heteroatoms. The molecule has 0 saturated carbocycles. The molecule has 0 bridgehead atoms. The highest BCUT2D eigenvalue weighted by atomic mass is 15.3. The van der Waals surface area contributed by atoms with E-state index in [1.54, 1.807) is 6.33 Å². The third kappa shape index (κ3) is 2.19. The van der Waals surface area contributed by atoms with Crippen LogP contribution in [0.2, 0.25) is 0 Å². The predicted molar refractivity (Wildman–Crippen MR) is 98.1 cm³/mol. The molecule has 0 aliphatic carbocycles. The van der Waals surface area contributed by atoms with Crippen molar-refractivity contribution in [2.24, 2.45) is 0 Å². The molecule has 5 aromatic rings. The Bertz CT molecular complexity index is 1240. The fraction of sp³-hybridized carbons (Fsp3) is 0.0526. The fourth-order valence-electron chi connectivity index (χ4n) is 3.13. The van der Waals surface area contributed by atoms with Gasteiger partial charge in [0.2, 0.25) is 5.65 Å². The topological polar surface area (TPSA) is 68.0 Å². The molecule has 0 atom stereocenters. The highest BCUT2D eigenvalue weighted by Gasteiger charge is 2.12. The van der Waals surface area contributed by atoms with Crippen LogP contribution in [0, 0.1) is 6.92 Å². The number of nitrogens with one attached hydrogen (secondary N) is 1. The van der Waals surface area contributed by atoms with Gasteiger partial charge in [0.15, 0.2) is 5.82 Å². The maximum Gasteiger partial charge on any atom is 0.204 e. The van der Waals surface area contributed by atoms with E-state index in [1.807, 2.05) is 65.9 Å². The van der Waals surface area contributed by atoms with Crippen molar-refractivity contribution in [3.8, 4) is 0 Å². The summed E-state index contributed by atoms with van der Waals surface area (Å²) < 4.78 is 1.95. The van der Waals surface area contributed by atoms with E-state index in [0.29, 0.717) is 11.5 Å². The van der Waals surface area contributed by atoms with Gasteiger partial charge in [-0.2, -0.15) is 0 Å². The maximum atomic E-state index is 4.75. The van der Waals surface area contributed by atoms with E-state index in [-0.39, 0.29) is 0 Å². The van der Waals surface area contributed by atoms with Gasteiger partial charge >= 0.3 is 0 Å². The number of anilines is 2. The average Bonchev–Trinajstić information content (AvgIpc) is 3.12. The first-order valence-electron chi connectivity index (χ1n) is 8.01. The van der Waals surface area contributed by atoms with Gasteiger partial charge in [-0.05, 0) is 31.2 Å². The van der Waals surface area contributed by atoms with Gasteiger partial charge < -0.3 is 5.32 Å². The monoisotopic (exact) mass is 326 g/mol. The third-order valence-corrected chi connectivity index (χ3v) is 4.23. The average molecular weight is 326 g/mol. The zero-order valence-corrected chi connectivity index (χ0v) is 13.5. The Kier molecular flexibility index (Phi) is 2.90. The number of aryl methyl sites for hydroxylation is 1. The SMILES string of the molecule is Cc1cc(Nc2nc3ccccc3n3cnnc23)c2ccccc2n1. The summed E-state index contributed by atoms with van der Waals surface area (Å²) in [6.45, 7) is 1.98. The minimum absolute atomic E-state index is 0.673. The van der Waals surface area contributed by atoms with Crippen LogP contribution in [0.1, 0.15) is 5.69 Å². The number of aromatic nitrogens is 5. The lowest BCUT2D eigenvalue weighted by Gasteiger charge is -2.12. The molecule has 0 amide bonds. The Labute approximate surface area is 143 Å². The summed E-state index contributed by atoms with van der Waals surface area (Å²) in [5, 5.41) is 12.8. The Morgan fingerprint density at radius 3 is 2.64 bits per heavy atom. The molecule has 0 spiro atoms. The van der Waals surface area contributed by atoms with Gasteiger partial charge in [0, 0.05) is 11.1 Å². The van der Waals surface area contributed by atoms with Gasteiger partial charge in [0.25, 0.3) is 0 Å². The third-order valence-electron chi connectivity index (χ3n) is 4.23. The summed E-state index contributed by atoms with van der Waals surface area (Å²) in [5.41, 5.74) is 5.40. The summed E-state index contributed by atoms with van der Waals surface area (Å²) >= 11 is 0. The summed E-state index contributed by atoms with van der Waals surface area (Å²) in [4.78, 5) is 9.34. The fourth-order valence-corrected chi connectivity index (χ4v) is 3.13. The zero-order valence-electron chi connectivity index (χ0n) is 13.5. The van der Waals surface area contributed by atoms with Crippen molar-refractivity contribution < 1.29 is 0 Å². The molecule has 3 heterocycles. The van der Waals surface area contributed by atoms with Crippen LogP contribution in [0.4, 0.5) is 11.5 Å². The normalized spacial score (nSPS) is 11.4. The molecule has 0 fully saturated rings. The summed E-state index contributed by atoms with van der Waals surface area (Å²) in [7, 11) is 0. The van der Waals surface area contributed by atoms with Gasteiger partial charge in [-0.3, -0.25) is 9.38 Å². The van der Waals surface area contributed by atoms with Crippen LogP contribution < -0.4 is 5.32 Å². The molecule has 0 radical (unpaired) electrons. The molecule has 6 nitrogen and oxygen atoms in total. The van der Waals surface area contributed by atoms with Crippen LogP contribution in [0.5, 0.6) is 0 Å². The van der Waals surface area contributed by atoms with Gasteiger partial charge in [-0.15, -0.1) is 10.2 Å². The van der Waals surface area contributed by atoms with Gasteiger partial charge in [0.05, 0.1) is 22.2 Å². The number of pyridine rings is 1. The largest absolute Gasteiger partial charge is 0.336 e. The highest BCUT2D eigenvalue weighted by molar-refractivity contribution is 5.94. The number of fused-ring (bicyclic) bond motifs is 4. The molecule has 0 aliphatic heterocycles. The van der Waals surface area contributed by atoms with Crippen LogP contribution in [-0.4, -0.2) is 24.6 Å². The molecule has 120 valence electrons. The van der Waals surface area contributed by atoms with E-state index in [4.69, 9.17) is 4.98 Å². The van der Waals surface area contributed by atoms with Crippen molar-refractivity contribution in [2.45, 2.75) is 6.92 Å². The van der Waals surface area contributed by atoms with Crippen LogP contribution in [-0.2, 0) is 0 Å². The van der Waals surface area contributed by atoms with E-state index in [2.05, 4.69) is 20.5 Å². The van der Waals surface area contributed by atoms with Crippen molar-refractivity contribution >= 4 is 39.1 Å². The summed E-state index contributed by atoms with van der Waals surface area (Å²) in [6.07, 6.45) is 1.71. The summed E-state index contributed by atoms with van der Waals surface area (Å²) in [6, 6.07) is 18.0. The van der Waals surface area contributed by atoms with Crippen LogP contribution in [0.15, 0.2) is 60.9 Å². The lowest BCUT2D eigenvalue weighted by molar-refractivity contribution is 1.11. The molecule has 1 N–H and O–H groups in total. The van der Waals surface area contributed by atoms with E-state index < -0.39 is 0 Å². The molecule has 0 unspecified atom stereocenters. The zero-order chi connectivity index (χ0) is 16.8. The Morgan fingerprint density at radius 2 is 1.72 bits per heavy atom. The standard InChI is InChI=1S/C19H14N6/c1-12-10-16(13-6-2-3-7-14(13)21-12)23-18-19-24-20-11-25(19)17-9-5-4-8-15(17)22-18/h2-11H,1H3,(H,21,22,23). The van der Waals surface area contributed by atoms with Crippen molar-refractivity contribution in [2.75, 3.05) is 5.32 Å². The van der Waals surface area contributed by atoms with Crippen LogP contribution >= 0.6 is 0 Å². The molecule has 2 aromatic carbocycles. The molecule has 25 heavy (non-hydrogen) atoms. The van der Waals surface area contributed by atoms with E-state index >= 15 is 0 Å². The van der Waals surface area contributed by atoms with E-state index in [9.17, 15) is 0 Å². The van der Waals surface area contributed by atoms with Crippen LogP contribution in [0.25, 0.3) is 27.6 Å². The minimum atomic E-state index is 0.673. The highest BCUT2D eigenvalue weighted by Crippen LogP contribution is 2.28. The smallest absolute Gasteiger partial charge is 0.204 e. The number of hydrogen-bond donors (Lipinski definition) is 1. The molecule has 0 saturated heterocycles. The Morgan fingerprint density at radius 1 is 0.920 bits per heavy atom. The van der Waals surface area contributed by atoms with Gasteiger partial charge in [-0.1, -0.05) is 30.3 Å². The van der Waals surface area contributed by atoms with Crippen LogP contribution in [0.3, 0.4) is 0 Å². The van der Waals surface area contributed by atoms with E-state index in [1.165, 1.54) is 0 Å². The summed E-state index contributed by atoms with van der Waals surface area (Å²) in [5.74, 6) is 0.673. The quantitative estimate of drug-likeness (QED) is 0.533. The number of para-hydroxylation sites is 3. The first-order valence-corrected chi connectivity index (χ1v) is 8.01. The lowest BCUT2D eigenvalue weighted by Crippen LogP contribution is -2.01. The number of benzene rings is 2. The molecular weight excluding hydrogens is 312 g/mol. The Hall–Kier alpha value is -3.54. The second-order valence-electron chi connectivity index (χ2n) is 5.93. The first-order chi connectivity index (χ1) is 12.3. The second kappa shape index (κ2) is 5.24. The maximum absolute atomic E-state index is 4.75. The van der Waals surface area contributed by atoms with Crippen molar-refractivity contribution in [1.29, 1.82) is 0 Å². The minimum Gasteiger partial charge on any atom is -0.336 e. The second-order valence-corrected chi connectivity index (χ2v) is 5.93. The number of nitrogens with zero attached hydrogens (tertiary/aromatic N) is 5. The molecule has 5 rings (SSSR count). The van der Waals surface area contributed by atoms with Crippen molar-refractivity contribution in [3.63, 3.8) is 0 Å². The lowest BCUT2D eigenvalue weighted by atomic mass is 10.1. The first kappa shape index (κ1) is 13.9. The van der Waals surface area contributed by atoms with Crippen molar-refractivity contribution in [1.82, 2.24) is 24.6 Å². The van der Waals surface area contributed by atoms with Crippen molar-refractivity contribution in [3.05, 3.63) is 66.6 Å². The van der Waals surface area contributed by atoms with Gasteiger partial charge in [-0.25, -0.2) is 4.98 Å². The molecule has 3 aromatic heterocycles. The van der Waals surface area contributed by atoms with Gasteiger partial charge in [0.1, 0.15) is 6.33 Å². The number of hydrogen-bond acceptors (Lipinski definition) is 5. The molecule has 0 aliphatic rings. The van der Waals surface area contributed by atoms with E-state index in [0.717, 1.165) is 33.3 Å². The molecular formula is C19H14N6. The predicted octanol–water partition coefficient (Wildman–Crippen LogP) is 3.88. The number of rotatable bonds is 2. The Balaban J connectivity index is 1.76.